The van der Waals surface area contributed by atoms with Gasteiger partial charge in [0.15, 0.2) is 0 Å². The van der Waals surface area contributed by atoms with Crippen LogP contribution in [0.5, 0.6) is 0 Å². The van der Waals surface area contributed by atoms with E-state index in [1.54, 1.807) is 13.8 Å². The zero-order chi connectivity index (χ0) is 22.7. The average Bonchev–Trinajstić information content (AvgIpc) is 2.82. The van der Waals surface area contributed by atoms with Crippen LogP contribution in [0, 0.1) is 0 Å². The van der Waals surface area contributed by atoms with Crippen molar-refractivity contribution in [1.82, 2.24) is 0 Å². The molecule has 33 heavy (non-hydrogen) atoms. The summed E-state index contributed by atoms with van der Waals surface area (Å²) in [4.78, 5) is 3.02. The van der Waals surface area contributed by atoms with Crippen LogP contribution in [-0.4, -0.2) is 50.4 Å². The maximum atomic E-state index is 11.9. The quantitative estimate of drug-likeness (QED) is 0.216. The molecule has 0 amide bonds. The van der Waals surface area contributed by atoms with Gasteiger partial charge in [-0.25, -0.2) is 0 Å². The van der Waals surface area contributed by atoms with Crippen molar-refractivity contribution in [1.29, 1.82) is 0 Å². The Morgan fingerprint density at radius 2 is 1.48 bits per heavy atom. The fourth-order valence-electron chi connectivity index (χ4n) is 3.80. The van der Waals surface area contributed by atoms with E-state index in [0.29, 0.717) is 23.0 Å². The standard InChI is InChI=1S/C17H19NO9S3.3K.3H/c1-10-17(2,6-3-7-28(19,20)21)16-13-8-11(29(22,23)24)9-15(30(25,26)27)12(13)4-5-14(16)18-10;;;;;;/h4-5,8-9H,3,6-7H2,1-2H3,(H,19,20,21)(H,22,23,24)(H,25,26,27);;;;;;/q;3*+1;3*-1. The SMILES string of the molecule is CC1=Nc2ccc3c(S(=O)(=O)O)cc(S(=O)(=O)O)cc3c2C1(C)CCCS(=O)(=O)O.[H-].[H-].[H-].[K+].[K+].[K+]. The second-order valence-electron chi connectivity index (χ2n) is 7.35. The molecular formula is C17H22K3NO9S3. The number of nitrogens with zero attached hydrogens (tertiary/aromatic N) is 1. The topological polar surface area (TPSA) is 175 Å². The summed E-state index contributed by atoms with van der Waals surface area (Å²) in [7, 11) is -13.8. The van der Waals surface area contributed by atoms with E-state index >= 15 is 0 Å². The molecule has 170 valence electrons. The molecule has 1 atom stereocenters. The van der Waals surface area contributed by atoms with Crippen LogP contribution in [0.25, 0.3) is 10.8 Å². The Bertz CT molecular complexity index is 1440. The molecule has 1 heterocycles. The number of benzene rings is 2. The third-order valence-corrected chi connectivity index (χ3v) is 7.87. The first-order chi connectivity index (χ1) is 13.5. The summed E-state index contributed by atoms with van der Waals surface area (Å²) in [6.07, 6.45) is 0.257. The average molecular weight is 598 g/mol. The van der Waals surface area contributed by atoms with Crippen molar-refractivity contribution in [2.45, 2.75) is 41.9 Å². The van der Waals surface area contributed by atoms with Gasteiger partial charge in [0.1, 0.15) is 4.90 Å². The molecule has 0 aromatic heterocycles. The van der Waals surface area contributed by atoms with Gasteiger partial charge in [-0.1, -0.05) is 13.0 Å². The first-order valence-electron chi connectivity index (χ1n) is 8.61. The molecule has 2 aromatic carbocycles. The monoisotopic (exact) mass is 597 g/mol. The normalized spacial score (nSPS) is 17.9. The van der Waals surface area contributed by atoms with Crippen LogP contribution in [-0.2, 0) is 35.8 Å². The van der Waals surface area contributed by atoms with Gasteiger partial charge in [0.05, 0.1) is 16.3 Å². The zero-order valence-electron chi connectivity index (χ0n) is 21.9. The Morgan fingerprint density at radius 1 is 0.909 bits per heavy atom. The van der Waals surface area contributed by atoms with E-state index in [1.165, 1.54) is 12.1 Å². The van der Waals surface area contributed by atoms with Crippen molar-refractivity contribution in [3.05, 3.63) is 29.8 Å². The largest absolute Gasteiger partial charge is 1.00 e. The summed E-state index contributed by atoms with van der Waals surface area (Å²) >= 11 is 0. The van der Waals surface area contributed by atoms with Crippen molar-refractivity contribution >= 4 is 52.5 Å². The van der Waals surface area contributed by atoms with E-state index in [2.05, 4.69) is 4.99 Å². The molecule has 10 nitrogen and oxygen atoms in total. The van der Waals surface area contributed by atoms with Gasteiger partial charge in [-0.05, 0) is 48.9 Å². The second kappa shape index (κ2) is 12.9. The number of rotatable bonds is 6. The molecular weight excluding hydrogens is 576 g/mol. The Balaban J connectivity index is -0.000000853. The van der Waals surface area contributed by atoms with E-state index < -0.39 is 51.3 Å². The van der Waals surface area contributed by atoms with Crippen molar-refractivity contribution in [2.24, 2.45) is 4.99 Å². The molecule has 0 aliphatic carbocycles. The Morgan fingerprint density at radius 3 is 1.97 bits per heavy atom. The van der Waals surface area contributed by atoms with Crippen LogP contribution in [0.3, 0.4) is 0 Å². The molecule has 1 aliphatic rings. The van der Waals surface area contributed by atoms with E-state index in [-0.39, 0.29) is 182 Å². The fourth-order valence-corrected chi connectivity index (χ4v) is 5.65. The Kier molecular flexibility index (Phi) is 14.1. The molecule has 0 spiro atoms. The summed E-state index contributed by atoms with van der Waals surface area (Å²) < 4.78 is 97.5. The van der Waals surface area contributed by atoms with E-state index in [1.807, 2.05) is 0 Å². The first-order valence-corrected chi connectivity index (χ1v) is 13.1. The molecule has 2 aromatic rings. The van der Waals surface area contributed by atoms with Crippen molar-refractivity contribution in [2.75, 3.05) is 5.75 Å². The molecule has 16 heteroatoms. The molecule has 0 saturated heterocycles. The van der Waals surface area contributed by atoms with Gasteiger partial charge in [0.25, 0.3) is 30.4 Å². The van der Waals surface area contributed by atoms with Gasteiger partial charge in [-0.15, -0.1) is 0 Å². The van der Waals surface area contributed by atoms with Gasteiger partial charge >= 0.3 is 154 Å². The van der Waals surface area contributed by atoms with Crippen LogP contribution < -0.4 is 154 Å². The minimum Gasteiger partial charge on any atom is -1.00 e. The summed E-state index contributed by atoms with van der Waals surface area (Å²) in [5.74, 6) is -0.498. The maximum absolute atomic E-state index is 11.9. The smallest absolute Gasteiger partial charge is 1.00 e. The van der Waals surface area contributed by atoms with Crippen LogP contribution in [0.2, 0.25) is 0 Å². The molecule has 0 saturated carbocycles. The van der Waals surface area contributed by atoms with Crippen molar-refractivity contribution in [3.8, 4) is 0 Å². The molecule has 0 radical (unpaired) electrons. The summed E-state index contributed by atoms with van der Waals surface area (Å²) in [6, 6.07) is 4.63. The Hall–Kier alpha value is 3.01. The zero-order valence-corrected chi connectivity index (χ0v) is 30.7. The van der Waals surface area contributed by atoms with Crippen molar-refractivity contribution in [3.63, 3.8) is 0 Å². The second-order valence-corrected chi connectivity index (χ2v) is 11.7. The van der Waals surface area contributed by atoms with Crippen LogP contribution >= 0.6 is 0 Å². The summed E-state index contributed by atoms with van der Waals surface area (Å²) in [6.45, 7) is 3.42. The number of hydrogen-bond donors (Lipinski definition) is 3. The van der Waals surface area contributed by atoms with Crippen LogP contribution in [0.15, 0.2) is 39.0 Å². The molecule has 1 aliphatic heterocycles. The number of fused-ring (bicyclic) bond motifs is 3. The molecule has 0 bridgehead atoms. The van der Waals surface area contributed by atoms with Crippen LogP contribution in [0.1, 0.15) is 36.5 Å². The fraction of sp³-hybridized carbons (Fsp3) is 0.353. The van der Waals surface area contributed by atoms with E-state index in [0.717, 1.165) is 6.07 Å². The predicted octanol–water partition coefficient (Wildman–Crippen LogP) is -6.29. The van der Waals surface area contributed by atoms with Gasteiger partial charge in [0.2, 0.25) is 0 Å². The third-order valence-electron chi connectivity index (χ3n) is 5.34. The first kappa shape index (κ1) is 36.0. The maximum Gasteiger partial charge on any atom is 1.00 e. The third kappa shape index (κ3) is 8.25. The Labute approximate surface area is 325 Å². The number of hydrogen-bond acceptors (Lipinski definition) is 7. The van der Waals surface area contributed by atoms with Crippen LogP contribution in [0.4, 0.5) is 5.69 Å². The minimum atomic E-state index is -4.84. The van der Waals surface area contributed by atoms with Gasteiger partial charge < -0.3 is 4.28 Å². The molecule has 3 rings (SSSR count). The number of aliphatic imine (C=N–C) groups is 1. The van der Waals surface area contributed by atoms with E-state index in [4.69, 9.17) is 4.55 Å². The predicted molar refractivity (Wildman–Crippen MR) is 113 cm³/mol. The molecule has 1 unspecified atom stereocenters. The molecule has 3 N–H and O–H groups in total. The molecule has 0 fully saturated rings. The van der Waals surface area contributed by atoms with Gasteiger partial charge in [-0.3, -0.25) is 18.7 Å². The van der Waals surface area contributed by atoms with E-state index in [9.17, 15) is 34.4 Å². The summed E-state index contributed by atoms with van der Waals surface area (Å²) in [5, 5.41) is 0.153. The van der Waals surface area contributed by atoms with Crippen molar-refractivity contribution < 1.29 is 197 Å². The van der Waals surface area contributed by atoms with Gasteiger partial charge in [-0.2, -0.15) is 25.3 Å². The van der Waals surface area contributed by atoms with Gasteiger partial charge in [0, 0.05) is 16.5 Å². The minimum absolute atomic E-state index is 0. The summed E-state index contributed by atoms with van der Waals surface area (Å²) in [5.41, 5.74) is 0.519.